The van der Waals surface area contributed by atoms with Crippen molar-refractivity contribution in [1.29, 1.82) is 0 Å². The number of hydrogen-bond donors (Lipinski definition) is 1. The topological polar surface area (TPSA) is 42.0 Å². The van der Waals surface area contributed by atoms with Gasteiger partial charge >= 0.3 is 0 Å². The number of anilines is 1. The summed E-state index contributed by atoms with van der Waals surface area (Å²) in [6.07, 6.45) is 3.46. The monoisotopic (exact) mass is 282 g/mol. The Morgan fingerprint density at radius 1 is 1.44 bits per heavy atom. The number of nitrogens with zero attached hydrogens (tertiary/aromatic N) is 1. The molecule has 0 aliphatic heterocycles. The zero-order valence-electron chi connectivity index (χ0n) is 10.3. The average molecular weight is 283 g/mol. The molecule has 1 N–H and O–H groups in total. The van der Waals surface area contributed by atoms with Crippen molar-refractivity contribution in [2.75, 3.05) is 17.3 Å². The van der Waals surface area contributed by atoms with Crippen molar-refractivity contribution in [2.24, 2.45) is 0 Å². The van der Waals surface area contributed by atoms with Crippen LogP contribution in [-0.2, 0) is 10.8 Å². The van der Waals surface area contributed by atoms with Gasteiger partial charge in [-0.3, -0.25) is 9.19 Å². The molecule has 0 amide bonds. The molecular weight excluding hydrogens is 268 g/mol. The van der Waals surface area contributed by atoms with Gasteiger partial charge in [0.25, 0.3) is 0 Å². The van der Waals surface area contributed by atoms with E-state index in [1.165, 1.54) is 0 Å². The van der Waals surface area contributed by atoms with E-state index in [9.17, 15) is 4.21 Å². The highest BCUT2D eigenvalue weighted by atomic mass is 35.5. The molecule has 5 heteroatoms. The lowest BCUT2D eigenvalue weighted by molar-refractivity contribution is 0.683. The van der Waals surface area contributed by atoms with Crippen LogP contribution in [-0.4, -0.2) is 27.2 Å². The zero-order valence-corrected chi connectivity index (χ0v) is 11.9. The summed E-state index contributed by atoms with van der Waals surface area (Å²) in [5.41, 5.74) is 1.85. The van der Waals surface area contributed by atoms with Gasteiger partial charge in [-0.05, 0) is 31.2 Å². The van der Waals surface area contributed by atoms with E-state index in [4.69, 9.17) is 11.6 Å². The predicted molar refractivity (Wildman–Crippen MR) is 78.8 cm³/mol. The summed E-state index contributed by atoms with van der Waals surface area (Å²) < 4.78 is 11.2. The molecule has 0 aliphatic rings. The molecular formula is C13H15ClN2OS. The fraction of sp³-hybridized carbons (Fsp3) is 0.308. The first kappa shape index (κ1) is 13.3. The molecule has 2 atom stereocenters. The molecule has 0 fully saturated rings. The zero-order chi connectivity index (χ0) is 13.1. The molecule has 96 valence electrons. The summed E-state index contributed by atoms with van der Waals surface area (Å²) >= 11 is 5.94. The van der Waals surface area contributed by atoms with Crippen LogP contribution in [0.15, 0.2) is 30.5 Å². The Balaban J connectivity index is 2.30. The van der Waals surface area contributed by atoms with E-state index in [0.29, 0.717) is 10.8 Å². The fourth-order valence-electron chi connectivity index (χ4n) is 1.91. The summed E-state index contributed by atoms with van der Waals surface area (Å²) in [5.74, 6) is 0.622. The Kier molecular flexibility index (Phi) is 4.19. The van der Waals surface area contributed by atoms with Gasteiger partial charge in [-0.15, -0.1) is 0 Å². The minimum atomic E-state index is -0.806. The maximum Gasteiger partial charge on any atom is 0.0737 e. The number of aromatic nitrogens is 1. The van der Waals surface area contributed by atoms with Gasteiger partial charge in [0.1, 0.15) is 0 Å². The molecule has 0 aliphatic carbocycles. The highest BCUT2D eigenvalue weighted by molar-refractivity contribution is 7.84. The van der Waals surface area contributed by atoms with Crippen LogP contribution in [0.25, 0.3) is 10.9 Å². The van der Waals surface area contributed by atoms with Crippen LogP contribution in [0.4, 0.5) is 5.69 Å². The SMILES string of the molecule is CC(CS(C)=O)Nc1ccnc2cc(Cl)ccc12. The van der Waals surface area contributed by atoms with Gasteiger partial charge in [-0.2, -0.15) is 0 Å². The second-order valence-corrected chi connectivity index (χ2v) is 6.22. The van der Waals surface area contributed by atoms with Crippen molar-refractivity contribution in [3.05, 3.63) is 35.5 Å². The molecule has 1 heterocycles. The number of hydrogen-bond acceptors (Lipinski definition) is 3. The Labute approximate surface area is 114 Å². The summed E-state index contributed by atoms with van der Waals surface area (Å²) in [6.45, 7) is 2.02. The normalized spacial score (nSPS) is 14.4. The van der Waals surface area contributed by atoms with Crippen LogP contribution in [0.2, 0.25) is 5.02 Å². The number of rotatable bonds is 4. The standard InChI is InChI=1S/C13H15ClN2OS/c1-9(8-18(2)17)16-12-5-6-15-13-7-10(14)3-4-11(12)13/h3-7,9H,8H2,1-2H3,(H,15,16). The summed E-state index contributed by atoms with van der Waals surface area (Å²) in [7, 11) is -0.806. The van der Waals surface area contributed by atoms with Gasteiger partial charge in [0, 0.05) is 51.1 Å². The third kappa shape index (κ3) is 3.21. The molecule has 18 heavy (non-hydrogen) atoms. The Morgan fingerprint density at radius 3 is 2.94 bits per heavy atom. The minimum Gasteiger partial charge on any atom is -0.381 e. The second kappa shape index (κ2) is 5.67. The molecule has 2 unspecified atom stereocenters. The molecule has 0 radical (unpaired) electrons. The van der Waals surface area contributed by atoms with Gasteiger partial charge in [-0.25, -0.2) is 0 Å². The van der Waals surface area contributed by atoms with E-state index in [1.807, 2.05) is 31.2 Å². The van der Waals surface area contributed by atoms with Crippen molar-refractivity contribution in [3.8, 4) is 0 Å². The summed E-state index contributed by atoms with van der Waals surface area (Å²) in [6, 6.07) is 7.70. The third-order valence-corrected chi connectivity index (χ3v) is 3.80. The fourth-order valence-corrected chi connectivity index (χ4v) is 2.86. The molecule has 0 saturated heterocycles. The highest BCUT2D eigenvalue weighted by Gasteiger charge is 2.07. The van der Waals surface area contributed by atoms with E-state index in [-0.39, 0.29) is 6.04 Å². The number of pyridine rings is 1. The van der Waals surface area contributed by atoms with E-state index < -0.39 is 10.8 Å². The lowest BCUT2D eigenvalue weighted by Gasteiger charge is -2.15. The molecule has 2 rings (SSSR count). The van der Waals surface area contributed by atoms with Gasteiger partial charge < -0.3 is 5.32 Å². The maximum atomic E-state index is 11.2. The molecule has 1 aromatic carbocycles. The van der Waals surface area contributed by atoms with Crippen LogP contribution in [0.5, 0.6) is 0 Å². The van der Waals surface area contributed by atoms with E-state index in [0.717, 1.165) is 16.6 Å². The lowest BCUT2D eigenvalue weighted by Crippen LogP contribution is -2.22. The number of halogens is 1. The Morgan fingerprint density at radius 2 is 2.22 bits per heavy atom. The van der Waals surface area contributed by atoms with Crippen LogP contribution >= 0.6 is 11.6 Å². The number of nitrogens with one attached hydrogen (secondary N) is 1. The molecule has 0 spiro atoms. The molecule has 1 aromatic heterocycles. The number of benzene rings is 1. The van der Waals surface area contributed by atoms with E-state index in [2.05, 4.69) is 10.3 Å². The van der Waals surface area contributed by atoms with Crippen molar-refractivity contribution in [3.63, 3.8) is 0 Å². The van der Waals surface area contributed by atoms with Crippen molar-refractivity contribution in [2.45, 2.75) is 13.0 Å². The molecule has 3 nitrogen and oxygen atoms in total. The van der Waals surface area contributed by atoms with Crippen LogP contribution < -0.4 is 5.32 Å². The van der Waals surface area contributed by atoms with Gasteiger partial charge in [0.15, 0.2) is 0 Å². The highest BCUT2D eigenvalue weighted by Crippen LogP contribution is 2.24. The molecule has 0 saturated carbocycles. The smallest absolute Gasteiger partial charge is 0.0737 e. The van der Waals surface area contributed by atoms with Gasteiger partial charge in [0.2, 0.25) is 0 Å². The third-order valence-electron chi connectivity index (χ3n) is 2.59. The van der Waals surface area contributed by atoms with Crippen LogP contribution in [0.3, 0.4) is 0 Å². The average Bonchev–Trinajstić information content (AvgIpc) is 2.27. The summed E-state index contributed by atoms with van der Waals surface area (Å²) in [4.78, 5) is 4.29. The van der Waals surface area contributed by atoms with Crippen molar-refractivity contribution >= 4 is 39.0 Å². The van der Waals surface area contributed by atoms with Crippen LogP contribution in [0, 0.1) is 0 Å². The summed E-state index contributed by atoms with van der Waals surface area (Å²) in [5, 5.41) is 5.06. The van der Waals surface area contributed by atoms with Gasteiger partial charge in [0.05, 0.1) is 5.52 Å². The first-order valence-corrected chi connectivity index (χ1v) is 7.77. The van der Waals surface area contributed by atoms with E-state index in [1.54, 1.807) is 12.5 Å². The maximum absolute atomic E-state index is 11.2. The van der Waals surface area contributed by atoms with Crippen molar-refractivity contribution < 1.29 is 4.21 Å². The van der Waals surface area contributed by atoms with Crippen LogP contribution in [0.1, 0.15) is 6.92 Å². The van der Waals surface area contributed by atoms with E-state index >= 15 is 0 Å². The Hall–Kier alpha value is -1.13. The predicted octanol–water partition coefficient (Wildman–Crippen LogP) is 3.07. The minimum absolute atomic E-state index is 0.150. The molecule has 2 aromatic rings. The Bertz CT molecular complexity index is 588. The second-order valence-electron chi connectivity index (χ2n) is 4.31. The first-order valence-electron chi connectivity index (χ1n) is 5.67. The quantitative estimate of drug-likeness (QED) is 0.937. The lowest BCUT2D eigenvalue weighted by atomic mass is 10.2. The number of fused-ring (bicyclic) bond motifs is 1. The van der Waals surface area contributed by atoms with Crippen molar-refractivity contribution in [1.82, 2.24) is 4.98 Å². The van der Waals surface area contributed by atoms with Gasteiger partial charge in [-0.1, -0.05) is 11.6 Å². The largest absolute Gasteiger partial charge is 0.381 e. The first-order chi connectivity index (χ1) is 8.56. The molecule has 0 bridgehead atoms.